The fraction of sp³-hybridized carbons (Fsp3) is 0.526. The van der Waals surface area contributed by atoms with Gasteiger partial charge in [0.05, 0.1) is 34.9 Å². The van der Waals surface area contributed by atoms with Crippen molar-refractivity contribution in [1.82, 2.24) is 15.2 Å². The number of nitrogens with zero attached hydrogens (tertiary/aromatic N) is 3. The number of thiazole rings is 1. The van der Waals surface area contributed by atoms with E-state index in [1.807, 2.05) is 29.2 Å². The maximum Gasteiger partial charge on any atom is 0.229 e. The van der Waals surface area contributed by atoms with Crippen molar-refractivity contribution in [3.05, 3.63) is 24.3 Å². The van der Waals surface area contributed by atoms with Gasteiger partial charge in [-0.15, -0.1) is 0 Å². The highest BCUT2D eigenvalue weighted by atomic mass is 32.1. The van der Waals surface area contributed by atoms with Crippen LogP contribution < -0.4 is 10.2 Å². The molecule has 3 aliphatic rings. The Balaban J connectivity index is 1.31. The SMILES string of the molecule is O=C(C1CC(=O)N(c2nc3ccccc3s2)C1)N1CCOC2(CCNC2)C1. The second-order valence-electron chi connectivity index (χ2n) is 7.59. The summed E-state index contributed by atoms with van der Waals surface area (Å²) >= 11 is 1.50. The Bertz CT molecular complexity index is 859. The fourth-order valence-corrected chi connectivity index (χ4v) is 5.30. The van der Waals surface area contributed by atoms with Gasteiger partial charge in [0.15, 0.2) is 5.13 Å². The largest absolute Gasteiger partial charge is 0.370 e. The van der Waals surface area contributed by atoms with Crippen molar-refractivity contribution in [3.63, 3.8) is 0 Å². The number of benzene rings is 1. The summed E-state index contributed by atoms with van der Waals surface area (Å²) in [7, 11) is 0. The van der Waals surface area contributed by atoms with Crippen molar-refractivity contribution in [2.24, 2.45) is 5.92 Å². The number of anilines is 1. The zero-order valence-corrected chi connectivity index (χ0v) is 15.8. The number of rotatable bonds is 2. The van der Waals surface area contributed by atoms with Crippen LogP contribution in [0.15, 0.2) is 24.3 Å². The summed E-state index contributed by atoms with van der Waals surface area (Å²) in [6, 6.07) is 7.86. The first-order chi connectivity index (χ1) is 13.1. The van der Waals surface area contributed by atoms with Crippen LogP contribution in [0.5, 0.6) is 0 Å². The van der Waals surface area contributed by atoms with Gasteiger partial charge in [0.1, 0.15) is 0 Å². The van der Waals surface area contributed by atoms with Gasteiger partial charge in [0.25, 0.3) is 0 Å². The lowest BCUT2D eigenvalue weighted by Gasteiger charge is -2.40. The molecule has 1 aromatic heterocycles. The number of amides is 2. The molecular formula is C19H22N4O3S. The van der Waals surface area contributed by atoms with Crippen LogP contribution in [0, 0.1) is 5.92 Å². The van der Waals surface area contributed by atoms with Crippen LogP contribution in [0.2, 0.25) is 0 Å². The molecule has 2 atom stereocenters. The minimum Gasteiger partial charge on any atom is -0.370 e. The monoisotopic (exact) mass is 386 g/mol. The summed E-state index contributed by atoms with van der Waals surface area (Å²) in [4.78, 5) is 33.8. The van der Waals surface area contributed by atoms with Crippen molar-refractivity contribution in [3.8, 4) is 0 Å². The normalized spacial score (nSPS) is 28.6. The van der Waals surface area contributed by atoms with Crippen molar-refractivity contribution in [1.29, 1.82) is 0 Å². The van der Waals surface area contributed by atoms with Crippen molar-refractivity contribution < 1.29 is 14.3 Å². The third kappa shape index (κ3) is 3.01. The molecule has 1 spiro atoms. The van der Waals surface area contributed by atoms with Crippen LogP contribution in [-0.2, 0) is 14.3 Å². The minimum absolute atomic E-state index is 0.0158. The summed E-state index contributed by atoms with van der Waals surface area (Å²) in [5.41, 5.74) is 0.646. The van der Waals surface area contributed by atoms with Gasteiger partial charge in [-0.05, 0) is 25.1 Å². The predicted octanol–water partition coefficient (Wildman–Crippen LogP) is 1.24. The molecule has 2 unspecified atom stereocenters. The lowest BCUT2D eigenvalue weighted by Crippen LogP contribution is -2.56. The van der Waals surface area contributed by atoms with E-state index in [1.165, 1.54) is 11.3 Å². The number of morpholine rings is 1. The van der Waals surface area contributed by atoms with Crippen LogP contribution in [0.1, 0.15) is 12.8 Å². The number of aromatic nitrogens is 1. The Morgan fingerprint density at radius 2 is 2.26 bits per heavy atom. The number of hydrogen-bond acceptors (Lipinski definition) is 6. The summed E-state index contributed by atoms with van der Waals surface area (Å²) in [5.74, 6) is -0.242. The third-order valence-electron chi connectivity index (χ3n) is 5.75. The van der Waals surface area contributed by atoms with Crippen LogP contribution in [0.25, 0.3) is 10.2 Å². The number of nitrogens with one attached hydrogen (secondary N) is 1. The molecule has 3 aliphatic heterocycles. The van der Waals surface area contributed by atoms with Gasteiger partial charge in [-0.2, -0.15) is 0 Å². The zero-order chi connectivity index (χ0) is 18.4. The van der Waals surface area contributed by atoms with E-state index >= 15 is 0 Å². The number of carbonyl (C=O) groups excluding carboxylic acids is 2. The molecule has 5 rings (SSSR count). The van der Waals surface area contributed by atoms with E-state index in [0.29, 0.717) is 31.4 Å². The number of ether oxygens (including phenoxy) is 1. The van der Waals surface area contributed by atoms with Gasteiger partial charge in [-0.3, -0.25) is 14.5 Å². The number of fused-ring (bicyclic) bond motifs is 1. The lowest BCUT2D eigenvalue weighted by molar-refractivity contribution is -0.151. The fourth-order valence-electron chi connectivity index (χ4n) is 4.30. The molecule has 7 nitrogen and oxygen atoms in total. The smallest absolute Gasteiger partial charge is 0.229 e. The predicted molar refractivity (Wildman–Crippen MR) is 103 cm³/mol. The summed E-state index contributed by atoms with van der Waals surface area (Å²) in [6.45, 7) is 3.92. The highest BCUT2D eigenvalue weighted by molar-refractivity contribution is 7.22. The Labute approximate surface area is 161 Å². The van der Waals surface area contributed by atoms with Gasteiger partial charge in [-0.25, -0.2) is 4.98 Å². The Morgan fingerprint density at radius 1 is 1.37 bits per heavy atom. The second kappa shape index (κ2) is 6.54. The molecule has 0 aliphatic carbocycles. The first-order valence-electron chi connectivity index (χ1n) is 9.43. The maximum absolute atomic E-state index is 13.1. The van der Waals surface area contributed by atoms with E-state index in [-0.39, 0.29) is 29.8 Å². The molecule has 3 fully saturated rings. The van der Waals surface area contributed by atoms with Gasteiger partial charge >= 0.3 is 0 Å². The van der Waals surface area contributed by atoms with Crippen LogP contribution in [0.3, 0.4) is 0 Å². The molecule has 27 heavy (non-hydrogen) atoms. The maximum atomic E-state index is 13.1. The van der Waals surface area contributed by atoms with Crippen molar-refractivity contribution in [2.75, 3.05) is 44.2 Å². The number of carbonyl (C=O) groups is 2. The molecule has 142 valence electrons. The molecule has 0 bridgehead atoms. The quantitative estimate of drug-likeness (QED) is 0.841. The second-order valence-corrected chi connectivity index (χ2v) is 8.60. The van der Waals surface area contributed by atoms with E-state index in [0.717, 1.165) is 29.7 Å². The Hall–Kier alpha value is -2.03. The van der Waals surface area contributed by atoms with Gasteiger partial charge < -0.3 is 15.0 Å². The number of para-hydroxylation sites is 1. The summed E-state index contributed by atoms with van der Waals surface area (Å²) in [5, 5.41) is 4.02. The van der Waals surface area contributed by atoms with Crippen LogP contribution in [0.4, 0.5) is 5.13 Å². The van der Waals surface area contributed by atoms with Crippen LogP contribution in [-0.4, -0.2) is 66.6 Å². The molecule has 0 saturated carbocycles. The third-order valence-corrected chi connectivity index (χ3v) is 6.81. The van der Waals surface area contributed by atoms with E-state index in [9.17, 15) is 9.59 Å². The van der Waals surface area contributed by atoms with E-state index < -0.39 is 0 Å². The minimum atomic E-state index is -0.297. The number of hydrogen-bond donors (Lipinski definition) is 1. The highest BCUT2D eigenvalue weighted by Gasteiger charge is 2.44. The molecule has 1 aromatic carbocycles. The molecule has 8 heteroatoms. The molecule has 2 aromatic rings. The van der Waals surface area contributed by atoms with Crippen molar-refractivity contribution in [2.45, 2.75) is 18.4 Å². The standard InChI is InChI=1S/C19H22N4O3S/c24-16-9-13(10-23(16)18-21-14-3-1-2-4-15(14)27-18)17(25)22-7-8-26-19(12-22)5-6-20-11-19/h1-4,13,20H,5-12H2. The first-order valence-corrected chi connectivity index (χ1v) is 10.2. The topological polar surface area (TPSA) is 74.8 Å². The van der Waals surface area contributed by atoms with Gasteiger partial charge in [-0.1, -0.05) is 23.5 Å². The average Bonchev–Trinajstić information content (AvgIpc) is 3.39. The highest BCUT2D eigenvalue weighted by Crippen LogP contribution is 2.34. The molecule has 3 saturated heterocycles. The Morgan fingerprint density at radius 3 is 3.07 bits per heavy atom. The van der Waals surface area contributed by atoms with Gasteiger partial charge in [0, 0.05) is 26.1 Å². The van der Waals surface area contributed by atoms with Crippen molar-refractivity contribution >= 4 is 38.5 Å². The van der Waals surface area contributed by atoms with Gasteiger partial charge in [0.2, 0.25) is 11.8 Å². The van der Waals surface area contributed by atoms with E-state index in [1.54, 1.807) is 4.90 Å². The molecule has 4 heterocycles. The lowest BCUT2D eigenvalue weighted by atomic mass is 9.98. The van der Waals surface area contributed by atoms with E-state index in [2.05, 4.69) is 10.3 Å². The van der Waals surface area contributed by atoms with Crippen LogP contribution >= 0.6 is 11.3 Å². The molecule has 0 radical (unpaired) electrons. The Kier molecular flexibility index (Phi) is 4.14. The first kappa shape index (κ1) is 17.1. The molecule has 1 N–H and O–H groups in total. The van der Waals surface area contributed by atoms with E-state index in [4.69, 9.17) is 4.74 Å². The zero-order valence-electron chi connectivity index (χ0n) is 15.0. The summed E-state index contributed by atoms with van der Waals surface area (Å²) in [6.07, 6.45) is 1.19. The molecule has 2 amide bonds. The average molecular weight is 386 g/mol. The summed E-state index contributed by atoms with van der Waals surface area (Å²) < 4.78 is 7.03. The molecular weight excluding hydrogens is 364 g/mol.